The van der Waals surface area contributed by atoms with Crippen molar-refractivity contribution < 1.29 is 4.79 Å². The normalized spacial score (nSPS) is 19.9. The van der Waals surface area contributed by atoms with Crippen LogP contribution in [0.25, 0.3) is 0 Å². The zero-order chi connectivity index (χ0) is 13.1. The van der Waals surface area contributed by atoms with Gasteiger partial charge in [0.1, 0.15) is 0 Å². The lowest BCUT2D eigenvalue weighted by Gasteiger charge is -2.33. The Hall–Kier alpha value is -1.35. The molecule has 98 valence electrons. The van der Waals surface area contributed by atoms with E-state index in [0.717, 1.165) is 42.6 Å². The SMILES string of the molecule is CN[C@H]1CCCN(C(=O)c2cc(C)ccc2C)C1. The monoisotopic (exact) mass is 246 g/mol. The Morgan fingerprint density at radius 3 is 2.89 bits per heavy atom. The second-order valence-corrected chi connectivity index (χ2v) is 5.20. The highest BCUT2D eigenvalue weighted by Crippen LogP contribution is 2.17. The molecule has 3 heteroatoms. The lowest BCUT2D eigenvalue weighted by Crippen LogP contribution is -2.47. The highest BCUT2D eigenvalue weighted by molar-refractivity contribution is 5.95. The number of aryl methyl sites for hydroxylation is 2. The fourth-order valence-corrected chi connectivity index (χ4v) is 2.53. The Morgan fingerprint density at radius 2 is 2.17 bits per heavy atom. The second kappa shape index (κ2) is 5.53. The van der Waals surface area contributed by atoms with Crippen molar-refractivity contribution in [1.82, 2.24) is 10.2 Å². The van der Waals surface area contributed by atoms with Gasteiger partial charge in [-0.25, -0.2) is 0 Å². The maximum Gasteiger partial charge on any atom is 0.254 e. The molecule has 1 atom stereocenters. The van der Waals surface area contributed by atoms with E-state index in [1.54, 1.807) is 0 Å². The zero-order valence-electron chi connectivity index (χ0n) is 11.5. The molecule has 3 nitrogen and oxygen atoms in total. The van der Waals surface area contributed by atoms with Crippen LogP contribution in [0.15, 0.2) is 18.2 Å². The molecular weight excluding hydrogens is 224 g/mol. The summed E-state index contributed by atoms with van der Waals surface area (Å²) in [6.45, 7) is 5.74. The van der Waals surface area contributed by atoms with Crippen molar-refractivity contribution in [3.8, 4) is 0 Å². The van der Waals surface area contributed by atoms with Crippen LogP contribution < -0.4 is 5.32 Å². The molecule has 1 N–H and O–H groups in total. The van der Waals surface area contributed by atoms with E-state index in [-0.39, 0.29) is 5.91 Å². The molecule has 0 unspecified atom stereocenters. The molecule has 1 aliphatic heterocycles. The Kier molecular flexibility index (Phi) is 4.02. The van der Waals surface area contributed by atoms with Crippen LogP contribution in [0.4, 0.5) is 0 Å². The first kappa shape index (κ1) is 13.1. The number of carbonyl (C=O) groups excluding carboxylic acids is 1. The summed E-state index contributed by atoms with van der Waals surface area (Å²) >= 11 is 0. The van der Waals surface area contributed by atoms with Crippen LogP contribution in [0, 0.1) is 13.8 Å². The third-order valence-electron chi connectivity index (χ3n) is 3.74. The fourth-order valence-electron chi connectivity index (χ4n) is 2.53. The maximum atomic E-state index is 12.5. The number of nitrogens with one attached hydrogen (secondary N) is 1. The summed E-state index contributed by atoms with van der Waals surface area (Å²) in [5.74, 6) is 0.177. The molecule has 1 heterocycles. The Morgan fingerprint density at radius 1 is 1.39 bits per heavy atom. The van der Waals surface area contributed by atoms with Crippen molar-refractivity contribution in [2.75, 3.05) is 20.1 Å². The van der Waals surface area contributed by atoms with E-state index in [1.807, 2.05) is 37.9 Å². The number of hydrogen-bond acceptors (Lipinski definition) is 2. The van der Waals surface area contributed by atoms with Crippen molar-refractivity contribution >= 4 is 5.91 Å². The summed E-state index contributed by atoms with van der Waals surface area (Å²) in [6, 6.07) is 6.52. The van der Waals surface area contributed by atoms with Crippen LogP contribution in [0.5, 0.6) is 0 Å². The maximum absolute atomic E-state index is 12.5. The van der Waals surface area contributed by atoms with Crippen LogP contribution in [-0.4, -0.2) is 37.0 Å². The summed E-state index contributed by atoms with van der Waals surface area (Å²) in [7, 11) is 1.97. The summed E-state index contributed by atoms with van der Waals surface area (Å²) in [4.78, 5) is 14.5. The zero-order valence-corrected chi connectivity index (χ0v) is 11.5. The minimum Gasteiger partial charge on any atom is -0.337 e. The number of likely N-dealkylation sites (tertiary alicyclic amines) is 1. The molecule has 1 aliphatic rings. The highest BCUT2D eigenvalue weighted by atomic mass is 16.2. The number of piperidine rings is 1. The second-order valence-electron chi connectivity index (χ2n) is 5.20. The quantitative estimate of drug-likeness (QED) is 0.867. The van der Waals surface area contributed by atoms with Crippen LogP contribution in [0.3, 0.4) is 0 Å². The van der Waals surface area contributed by atoms with E-state index in [2.05, 4.69) is 11.4 Å². The van der Waals surface area contributed by atoms with Crippen LogP contribution in [0.2, 0.25) is 0 Å². The molecule has 0 spiro atoms. The number of likely N-dealkylation sites (N-methyl/N-ethyl adjacent to an activating group) is 1. The molecule has 1 aromatic carbocycles. The Balaban J connectivity index is 2.17. The molecule has 0 aromatic heterocycles. The van der Waals surface area contributed by atoms with Crippen LogP contribution >= 0.6 is 0 Å². The third-order valence-corrected chi connectivity index (χ3v) is 3.74. The van der Waals surface area contributed by atoms with Gasteiger partial charge in [-0.3, -0.25) is 4.79 Å². The first-order valence-corrected chi connectivity index (χ1v) is 6.65. The predicted molar refractivity (Wildman–Crippen MR) is 73.9 cm³/mol. The minimum absolute atomic E-state index is 0.177. The number of carbonyl (C=O) groups is 1. The minimum atomic E-state index is 0.177. The van der Waals surface area contributed by atoms with Crippen LogP contribution in [-0.2, 0) is 0 Å². The van der Waals surface area contributed by atoms with Crippen molar-refractivity contribution in [3.63, 3.8) is 0 Å². The van der Waals surface area contributed by atoms with Gasteiger partial charge in [-0.15, -0.1) is 0 Å². The van der Waals surface area contributed by atoms with E-state index in [4.69, 9.17) is 0 Å². The molecule has 1 aromatic rings. The molecule has 0 aliphatic carbocycles. The number of nitrogens with zero attached hydrogens (tertiary/aromatic N) is 1. The molecule has 1 fully saturated rings. The largest absolute Gasteiger partial charge is 0.337 e. The average molecular weight is 246 g/mol. The molecule has 1 amide bonds. The number of amides is 1. The lowest BCUT2D eigenvalue weighted by molar-refractivity contribution is 0.0697. The Labute approximate surface area is 109 Å². The van der Waals surface area contributed by atoms with E-state index < -0.39 is 0 Å². The fraction of sp³-hybridized carbons (Fsp3) is 0.533. The Bertz CT molecular complexity index is 442. The van der Waals surface area contributed by atoms with E-state index in [1.165, 1.54) is 0 Å². The first-order chi connectivity index (χ1) is 8.61. The molecule has 18 heavy (non-hydrogen) atoms. The molecule has 1 saturated heterocycles. The third kappa shape index (κ3) is 2.72. The van der Waals surface area contributed by atoms with E-state index in [0.29, 0.717) is 6.04 Å². The molecule has 0 bridgehead atoms. The van der Waals surface area contributed by atoms with Crippen LogP contribution in [0.1, 0.15) is 34.3 Å². The van der Waals surface area contributed by atoms with Gasteiger partial charge in [-0.2, -0.15) is 0 Å². The van der Waals surface area contributed by atoms with Gasteiger partial charge in [-0.1, -0.05) is 17.7 Å². The standard InChI is InChI=1S/C15H22N2O/c1-11-6-7-12(2)14(9-11)15(18)17-8-4-5-13(10-17)16-3/h6-7,9,13,16H,4-5,8,10H2,1-3H3/t13-/m0/s1. The lowest BCUT2D eigenvalue weighted by atomic mass is 10.0. The molecule has 0 radical (unpaired) electrons. The van der Waals surface area contributed by atoms with Gasteiger partial charge in [0.05, 0.1) is 0 Å². The van der Waals surface area contributed by atoms with Gasteiger partial charge < -0.3 is 10.2 Å². The number of hydrogen-bond donors (Lipinski definition) is 1. The smallest absolute Gasteiger partial charge is 0.254 e. The van der Waals surface area contributed by atoms with Crippen molar-refractivity contribution in [2.45, 2.75) is 32.7 Å². The summed E-state index contributed by atoms with van der Waals surface area (Å²) in [5.41, 5.74) is 3.06. The summed E-state index contributed by atoms with van der Waals surface area (Å²) < 4.78 is 0. The van der Waals surface area contributed by atoms with Crippen molar-refractivity contribution in [2.24, 2.45) is 0 Å². The highest BCUT2D eigenvalue weighted by Gasteiger charge is 2.24. The van der Waals surface area contributed by atoms with E-state index in [9.17, 15) is 4.79 Å². The average Bonchev–Trinajstić information content (AvgIpc) is 2.41. The number of rotatable bonds is 2. The topological polar surface area (TPSA) is 32.3 Å². The van der Waals surface area contributed by atoms with Gasteiger partial charge in [-0.05, 0) is 45.4 Å². The van der Waals surface area contributed by atoms with Crippen molar-refractivity contribution in [3.05, 3.63) is 34.9 Å². The number of benzene rings is 1. The summed E-state index contributed by atoms with van der Waals surface area (Å²) in [6.07, 6.45) is 2.25. The predicted octanol–water partition coefficient (Wildman–Crippen LogP) is 2.13. The first-order valence-electron chi connectivity index (χ1n) is 6.65. The van der Waals surface area contributed by atoms with E-state index >= 15 is 0 Å². The van der Waals surface area contributed by atoms with Crippen molar-refractivity contribution in [1.29, 1.82) is 0 Å². The molecular formula is C15H22N2O. The van der Waals surface area contributed by atoms with Gasteiger partial charge in [0, 0.05) is 24.7 Å². The van der Waals surface area contributed by atoms with Gasteiger partial charge >= 0.3 is 0 Å². The summed E-state index contributed by atoms with van der Waals surface area (Å²) in [5, 5.41) is 3.27. The van der Waals surface area contributed by atoms with Gasteiger partial charge in [0.2, 0.25) is 0 Å². The van der Waals surface area contributed by atoms with Gasteiger partial charge in [0.25, 0.3) is 5.91 Å². The molecule has 0 saturated carbocycles. The molecule has 2 rings (SSSR count). The van der Waals surface area contributed by atoms with Gasteiger partial charge in [0.15, 0.2) is 0 Å².